The molecule has 0 saturated carbocycles. The molecule has 18 heavy (non-hydrogen) atoms. The summed E-state index contributed by atoms with van der Waals surface area (Å²) >= 11 is 6.17. The summed E-state index contributed by atoms with van der Waals surface area (Å²) in [5, 5.41) is 10.1. The van der Waals surface area contributed by atoms with Crippen LogP contribution in [0.1, 0.15) is 12.1 Å². The van der Waals surface area contributed by atoms with Crippen molar-refractivity contribution in [1.29, 1.82) is 0 Å². The van der Waals surface area contributed by atoms with Gasteiger partial charge in [-0.25, -0.2) is 4.98 Å². The molecule has 2 aromatic rings. The molecule has 0 aliphatic carbocycles. The molecule has 4 nitrogen and oxygen atoms in total. The number of hydrogen-bond acceptors (Lipinski definition) is 3. The Morgan fingerprint density at radius 1 is 1.44 bits per heavy atom. The van der Waals surface area contributed by atoms with Gasteiger partial charge in [-0.2, -0.15) is 0 Å². The summed E-state index contributed by atoms with van der Waals surface area (Å²) in [6.45, 7) is 0.821. The summed E-state index contributed by atoms with van der Waals surface area (Å²) in [5.74, 6) is 1.03. The minimum Gasteiger partial charge on any atom is -0.508 e. The van der Waals surface area contributed by atoms with Crippen LogP contribution < -0.4 is 5.73 Å². The molecule has 1 aliphatic heterocycles. The molecule has 0 radical (unpaired) electrons. The van der Waals surface area contributed by atoms with Gasteiger partial charge in [-0.05, 0) is 18.6 Å². The summed E-state index contributed by atoms with van der Waals surface area (Å²) in [4.78, 5) is 4.40. The van der Waals surface area contributed by atoms with Gasteiger partial charge >= 0.3 is 0 Å². The predicted octanol–water partition coefficient (Wildman–Crippen LogP) is 2.18. The Labute approximate surface area is 110 Å². The van der Waals surface area contributed by atoms with Gasteiger partial charge in [-0.15, -0.1) is 0 Å². The lowest BCUT2D eigenvalue weighted by Gasteiger charge is -2.22. The van der Waals surface area contributed by atoms with E-state index in [2.05, 4.69) is 9.55 Å². The van der Waals surface area contributed by atoms with Crippen molar-refractivity contribution >= 4 is 11.6 Å². The highest BCUT2D eigenvalue weighted by molar-refractivity contribution is 6.30. The molecule has 1 aliphatic rings. The van der Waals surface area contributed by atoms with E-state index >= 15 is 0 Å². The Morgan fingerprint density at radius 2 is 2.28 bits per heavy atom. The van der Waals surface area contributed by atoms with Crippen LogP contribution in [0.4, 0.5) is 0 Å². The number of nitrogens with two attached hydrogens (primary N) is 1. The second-order valence-corrected chi connectivity index (χ2v) is 4.99. The van der Waals surface area contributed by atoms with Crippen LogP contribution in [0.3, 0.4) is 0 Å². The SMILES string of the molecule is NC1CCn2c(-c3cccc(O)c3)nc(Cl)c2C1. The number of nitrogens with zero attached hydrogens (tertiary/aromatic N) is 2. The number of imidazole rings is 1. The molecule has 0 amide bonds. The number of fused-ring (bicyclic) bond motifs is 1. The van der Waals surface area contributed by atoms with Gasteiger partial charge in [0.05, 0.1) is 5.69 Å². The van der Waals surface area contributed by atoms with Gasteiger partial charge in [0.15, 0.2) is 5.15 Å². The fourth-order valence-electron chi connectivity index (χ4n) is 2.40. The van der Waals surface area contributed by atoms with Crippen LogP contribution in [0, 0.1) is 0 Å². The molecule has 1 unspecified atom stereocenters. The monoisotopic (exact) mass is 263 g/mol. The van der Waals surface area contributed by atoms with E-state index in [1.807, 2.05) is 6.07 Å². The third-order valence-corrected chi connectivity index (χ3v) is 3.61. The third kappa shape index (κ3) is 1.87. The highest BCUT2D eigenvalue weighted by atomic mass is 35.5. The van der Waals surface area contributed by atoms with Crippen LogP contribution in [-0.2, 0) is 13.0 Å². The normalized spacial score (nSPS) is 18.7. The standard InChI is InChI=1S/C13H14ClN3O/c14-12-11-7-9(15)4-5-17(11)13(16-12)8-2-1-3-10(18)6-8/h1-3,6,9,18H,4-5,7,15H2. The molecular weight excluding hydrogens is 250 g/mol. The highest BCUT2D eigenvalue weighted by Gasteiger charge is 2.23. The Bertz CT molecular complexity index is 594. The number of aromatic hydroxyl groups is 1. The van der Waals surface area contributed by atoms with Crippen molar-refractivity contribution in [3.63, 3.8) is 0 Å². The zero-order valence-electron chi connectivity index (χ0n) is 9.81. The van der Waals surface area contributed by atoms with Gasteiger partial charge < -0.3 is 15.4 Å². The van der Waals surface area contributed by atoms with E-state index < -0.39 is 0 Å². The van der Waals surface area contributed by atoms with Crippen molar-refractivity contribution in [2.45, 2.75) is 25.4 Å². The van der Waals surface area contributed by atoms with E-state index in [9.17, 15) is 5.11 Å². The van der Waals surface area contributed by atoms with Crippen molar-refractivity contribution in [2.75, 3.05) is 0 Å². The van der Waals surface area contributed by atoms with Gasteiger partial charge in [-0.3, -0.25) is 0 Å². The largest absolute Gasteiger partial charge is 0.508 e. The van der Waals surface area contributed by atoms with Crippen molar-refractivity contribution in [3.8, 4) is 17.1 Å². The van der Waals surface area contributed by atoms with E-state index in [0.29, 0.717) is 5.15 Å². The number of benzene rings is 1. The quantitative estimate of drug-likeness (QED) is 0.829. The second-order valence-electron chi connectivity index (χ2n) is 4.63. The Balaban J connectivity index is 2.11. The minimum atomic E-state index is 0.156. The van der Waals surface area contributed by atoms with Crippen LogP contribution in [0.2, 0.25) is 5.15 Å². The molecule has 5 heteroatoms. The predicted molar refractivity (Wildman–Crippen MR) is 70.6 cm³/mol. The lowest BCUT2D eigenvalue weighted by atomic mass is 10.1. The average Bonchev–Trinajstić information content (AvgIpc) is 2.67. The molecule has 3 rings (SSSR count). The molecule has 3 N–H and O–H groups in total. The van der Waals surface area contributed by atoms with Crippen LogP contribution in [0.25, 0.3) is 11.4 Å². The number of phenolic OH excluding ortho intramolecular Hbond substituents is 1. The molecule has 1 atom stereocenters. The smallest absolute Gasteiger partial charge is 0.151 e. The topological polar surface area (TPSA) is 64.1 Å². The van der Waals surface area contributed by atoms with E-state index in [1.165, 1.54) is 0 Å². The second kappa shape index (κ2) is 4.30. The Kier molecular flexibility index (Phi) is 2.76. The van der Waals surface area contributed by atoms with Crippen molar-refractivity contribution < 1.29 is 5.11 Å². The van der Waals surface area contributed by atoms with Crippen molar-refractivity contribution in [2.24, 2.45) is 5.73 Å². The van der Waals surface area contributed by atoms with Crippen molar-refractivity contribution in [3.05, 3.63) is 35.1 Å². The maximum atomic E-state index is 9.54. The van der Waals surface area contributed by atoms with Gasteiger partial charge in [0.1, 0.15) is 11.6 Å². The molecule has 0 saturated heterocycles. The fourth-order valence-corrected chi connectivity index (χ4v) is 2.66. The average molecular weight is 264 g/mol. The van der Waals surface area contributed by atoms with E-state index in [4.69, 9.17) is 17.3 Å². The summed E-state index contributed by atoms with van der Waals surface area (Å²) in [7, 11) is 0. The third-order valence-electron chi connectivity index (χ3n) is 3.31. The summed E-state index contributed by atoms with van der Waals surface area (Å²) in [6.07, 6.45) is 1.68. The molecule has 2 heterocycles. The molecule has 1 aromatic carbocycles. The van der Waals surface area contributed by atoms with Gasteiger partial charge in [0.2, 0.25) is 0 Å². The zero-order chi connectivity index (χ0) is 12.7. The lowest BCUT2D eigenvalue weighted by Crippen LogP contribution is -2.30. The fraction of sp³-hybridized carbons (Fsp3) is 0.308. The number of halogens is 1. The Morgan fingerprint density at radius 3 is 3.06 bits per heavy atom. The number of aromatic nitrogens is 2. The van der Waals surface area contributed by atoms with E-state index in [-0.39, 0.29) is 11.8 Å². The van der Waals surface area contributed by atoms with Gasteiger partial charge in [0.25, 0.3) is 0 Å². The van der Waals surface area contributed by atoms with Crippen LogP contribution in [0.15, 0.2) is 24.3 Å². The minimum absolute atomic E-state index is 0.156. The zero-order valence-corrected chi connectivity index (χ0v) is 10.6. The summed E-state index contributed by atoms with van der Waals surface area (Å²) < 4.78 is 2.10. The van der Waals surface area contributed by atoms with E-state index in [1.54, 1.807) is 18.2 Å². The molecule has 0 spiro atoms. The van der Waals surface area contributed by atoms with Gasteiger partial charge in [0, 0.05) is 24.6 Å². The first-order valence-electron chi connectivity index (χ1n) is 5.95. The first-order valence-corrected chi connectivity index (χ1v) is 6.33. The van der Waals surface area contributed by atoms with Crippen molar-refractivity contribution in [1.82, 2.24) is 9.55 Å². The molecule has 94 valence electrons. The maximum Gasteiger partial charge on any atom is 0.151 e. The summed E-state index contributed by atoms with van der Waals surface area (Å²) in [5.41, 5.74) is 7.82. The first-order chi connectivity index (χ1) is 8.65. The number of phenols is 1. The molecule has 1 aromatic heterocycles. The summed E-state index contributed by atoms with van der Waals surface area (Å²) in [6, 6.07) is 7.21. The number of rotatable bonds is 1. The Hall–Kier alpha value is -1.52. The van der Waals surface area contributed by atoms with Crippen LogP contribution >= 0.6 is 11.6 Å². The van der Waals surface area contributed by atoms with Gasteiger partial charge in [-0.1, -0.05) is 23.7 Å². The van der Waals surface area contributed by atoms with E-state index in [0.717, 1.165) is 36.5 Å². The molecule has 0 bridgehead atoms. The molecule has 0 fully saturated rings. The van der Waals surface area contributed by atoms with Crippen LogP contribution in [0.5, 0.6) is 5.75 Å². The number of hydrogen-bond donors (Lipinski definition) is 2. The molecular formula is C13H14ClN3O. The lowest BCUT2D eigenvalue weighted by molar-refractivity contribution is 0.472. The highest BCUT2D eigenvalue weighted by Crippen LogP contribution is 2.30. The van der Waals surface area contributed by atoms with Crippen LogP contribution in [-0.4, -0.2) is 20.7 Å². The maximum absolute atomic E-state index is 9.54. The first kappa shape index (κ1) is 11.6.